The third kappa shape index (κ3) is 1.62. The molecule has 0 aliphatic carbocycles. The molecule has 0 aromatic carbocycles. The normalized spacial score (nSPS) is 15.5. The van der Waals surface area contributed by atoms with Crippen molar-refractivity contribution in [1.29, 1.82) is 0 Å². The number of carbonyl (C=O) groups is 1. The molecule has 1 rings (SSSR count). The van der Waals surface area contributed by atoms with Crippen LogP contribution in [0.15, 0.2) is 18.7 Å². The third-order valence-electron chi connectivity index (χ3n) is 1.56. The highest BCUT2D eigenvalue weighted by Crippen LogP contribution is 2.10. The van der Waals surface area contributed by atoms with E-state index in [0.717, 1.165) is 0 Å². The van der Waals surface area contributed by atoms with Crippen molar-refractivity contribution in [3.05, 3.63) is 18.7 Å². The van der Waals surface area contributed by atoms with Crippen LogP contribution in [0.2, 0.25) is 0 Å². The van der Waals surface area contributed by atoms with Crippen molar-refractivity contribution in [2.24, 2.45) is 0 Å². The number of hydrogen-bond donors (Lipinski definition) is 2. The molecule has 0 fully saturated rings. The Labute approximate surface area is 69.3 Å². The first kappa shape index (κ1) is 8.73. The van der Waals surface area contributed by atoms with E-state index in [-0.39, 0.29) is 0 Å². The lowest BCUT2D eigenvalue weighted by molar-refractivity contribution is -0.144. The second-order valence-electron chi connectivity index (χ2n) is 2.53. The highest BCUT2D eigenvalue weighted by atomic mass is 16.4. The van der Waals surface area contributed by atoms with E-state index in [1.165, 1.54) is 30.2 Å². The molecule has 0 saturated heterocycles. The Kier molecular flexibility index (Phi) is 2.44. The maximum atomic E-state index is 10.6. The average Bonchev–Trinajstić information content (AvgIpc) is 2.37. The second-order valence-corrected chi connectivity index (χ2v) is 2.53. The number of carboxylic acids is 1. The van der Waals surface area contributed by atoms with Gasteiger partial charge in [-0.3, -0.25) is 0 Å². The van der Waals surface area contributed by atoms with E-state index in [9.17, 15) is 4.79 Å². The zero-order valence-corrected chi connectivity index (χ0v) is 6.58. The average molecular weight is 170 g/mol. The highest BCUT2D eigenvalue weighted by Gasteiger charge is 2.23. The van der Waals surface area contributed by atoms with Gasteiger partial charge in [0, 0.05) is 12.4 Å². The Bertz CT molecular complexity index is 256. The number of aliphatic hydroxyl groups is 1. The van der Waals surface area contributed by atoms with Gasteiger partial charge in [-0.25, -0.2) is 9.78 Å². The van der Waals surface area contributed by atoms with Gasteiger partial charge < -0.3 is 14.8 Å². The fraction of sp³-hybridized carbons (Fsp3) is 0.429. The third-order valence-corrected chi connectivity index (χ3v) is 1.56. The second kappa shape index (κ2) is 3.36. The van der Waals surface area contributed by atoms with Crippen LogP contribution in [0.1, 0.15) is 13.0 Å². The first-order valence-electron chi connectivity index (χ1n) is 3.51. The molecule has 2 N–H and O–H groups in total. The number of rotatable bonds is 3. The zero-order chi connectivity index (χ0) is 9.14. The molecule has 1 aromatic rings. The molecule has 0 aliphatic rings. The number of aliphatic carboxylic acids is 1. The van der Waals surface area contributed by atoms with Gasteiger partial charge in [-0.2, -0.15) is 0 Å². The minimum Gasteiger partial charge on any atom is -0.480 e. The van der Waals surface area contributed by atoms with Crippen LogP contribution in [0, 0.1) is 0 Å². The van der Waals surface area contributed by atoms with Crippen molar-refractivity contribution in [1.82, 2.24) is 9.55 Å². The molecule has 1 heterocycles. The van der Waals surface area contributed by atoms with Gasteiger partial charge in [-0.15, -0.1) is 0 Å². The zero-order valence-electron chi connectivity index (χ0n) is 6.58. The van der Waals surface area contributed by atoms with E-state index in [4.69, 9.17) is 10.2 Å². The molecule has 0 spiro atoms. The molecule has 0 saturated carbocycles. The van der Waals surface area contributed by atoms with Crippen LogP contribution in [0.5, 0.6) is 0 Å². The largest absolute Gasteiger partial charge is 0.480 e. The molecule has 0 radical (unpaired) electrons. The first-order valence-corrected chi connectivity index (χ1v) is 3.51. The van der Waals surface area contributed by atoms with Crippen molar-refractivity contribution in [3.63, 3.8) is 0 Å². The van der Waals surface area contributed by atoms with Gasteiger partial charge >= 0.3 is 5.97 Å². The topological polar surface area (TPSA) is 75.3 Å². The Morgan fingerprint density at radius 2 is 2.33 bits per heavy atom. The summed E-state index contributed by atoms with van der Waals surface area (Å²) in [5.74, 6) is -1.07. The van der Waals surface area contributed by atoms with Gasteiger partial charge in [-0.1, -0.05) is 0 Å². The van der Waals surface area contributed by atoms with E-state index < -0.39 is 18.1 Å². The molecule has 0 amide bonds. The molecule has 5 nitrogen and oxygen atoms in total. The summed E-state index contributed by atoms with van der Waals surface area (Å²) in [6, 6.07) is -0.951. The molecule has 2 unspecified atom stereocenters. The minimum atomic E-state index is -1.07. The quantitative estimate of drug-likeness (QED) is 0.663. The first-order chi connectivity index (χ1) is 5.63. The van der Waals surface area contributed by atoms with Gasteiger partial charge in [0.2, 0.25) is 0 Å². The van der Waals surface area contributed by atoms with Crippen molar-refractivity contribution in [3.8, 4) is 0 Å². The van der Waals surface area contributed by atoms with Crippen LogP contribution < -0.4 is 0 Å². The monoisotopic (exact) mass is 170 g/mol. The molecule has 12 heavy (non-hydrogen) atoms. The summed E-state index contributed by atoms with van der Waals surface area (Å²) in [4.78, 5) is 14.3. The number of imidazole rings is 1. The lowest BCUT2D eigenvalue weighted by Crippen LogP contribution is -2.28. The van der Waals surface area contributed by atoms with Gasteiger partial charge in [0.15, 0.2) is 6.04 Å². The fourth-order valence-electron chi connectivity index (χ4n) is 1.02. The van der Waals surface area contributed by atoms with Crippen LogP contribution in [-0.4, -0.2) is 31.8 Å². The number of hydrogen-bond acceptors (Lipinski definition) is 3. The van der Waals surface area contributed by atoms with E-state index in [1.54, 1.807) is 0 Å². The Morgan fingerprint density at radius 1 is 1.67 bits per heavy atom. The van der Waals surface area contributed by atoms with Crippen LogP contribution in [0.4, 0.5) is 0 Å². The molecule has 1 aromatic heterocycles. The summed E-state index contributed by atoms with van der Waals surface area (Å²) in [6.07, 6.45) is 3.41. The van der Waals surface area contributed by atoms with Crippen molar-refractivity contribution < 1.29 is 15.0 Å². The van der Waals surface area contributed by atoms with Crippen molar-refractivity contribution in [2.45, 2.75) is 19.1 Å². The molecule has 5 heteroatoms. The maximum Gasteiger partial charge on any atom is 0.329 e. The van der Waals surface area contributed by atoms with Crippen LogP contribution in [-0.2, 0) is 4.79 Å². The number of aliphatic hydroxyl groups excluding tert-OH is 1. The van der Waals surface area contributed by atoms with E-state index in [0.29, 0.717) is 0 Å². The van der Waals surface area contributed by atoms with E-state index in [1.807, 2.05) is 0 Å². The van der Waals surface area contributed by atoms with Gasteiger partial charge in [-0.05, 0) is 6.92 Å². The van der Waals surface area contributed by atoms with Crippen LogP contribution in [0.3, 0.4) is 0 Å². The Balaban J connectivity index is 2.88. The van der Waals surface area contributed by atoms with E-state index in [2.05, 4.69) is 4.98 Å². The molecular weight excluding hydrogens is 160 g/mol. The summed E-state index contributed by atoms with van der Waals surface area (Å²) < 4.78 is 1.35. The maximum absolute atomic E-state index is 10.6. The molecule has 0 bridgehead atoms. The highest BCUT2D eigenvalue weighted by molar-refractivity contribution is 5.72. The lowest BCUT2D eigenvalue weighted by Gasteiger charge is -2.15. The fourth-order valence-corrected chi connectivity index (χ4v) is 1.02. The summed E-state index contributed by atoms with van der Waals surface area (Å²) in [5, 5.41) is 17.8. The predicted molar refractivity (Wildman–Crippen MR) is 40.6 cm³/mol. The molecular formula is C7H10N2O3. The van der Waals surface area contributed by atoms with E-state index >= 15 is 0 Å². The Hall–Kier alpha value is -1.36. The summed E-state index contributed by atoms with van der Waals surface area (Å²) >= 11 is 0. The summed E-state index contributed by atoms with van der Waals surface area (Å²) in [5.41, 5.74) is 0. The number of aromatic nitrogens is 2. The summed E-state index contributed by atoms with van der Waals surface area (Å²) in [6.45, 7) is 1.43. The SMILES string of the molecule is CC(O)C(C(=O)O)n1ccnc1. The van der Waals surface area contributed by atoms with Crippen molar-refractivity contribution in [2.75, 3.05) is 0 Å². The molecule has 0 aliphatic heterocycles. The lowest BCUT2D eigenvalue weighted by atomic mass is 10.2. The Morgan fingerprint density at radius 3 is 2.67 bits per heavy atom. The smallest absolute Gasteiger partial charge is 0.329 e. The predicted octanol–water partition coefficient (Wildman–Crippen LogP) is -0.110. The number of nitrogens with zero attached hydrogens (tertiary/aromatic N) is 2. The van der Waals surface area contributed by atoms with Crippen molar-refractivity contribution >= 4 is 5.97 Å². The van der Waals surface area contributed by atoms with Gasteiger partial charge in [0.05, 0.1) is 12.4 Å². The van der Waals surface area contributed by atoms with Crippen LogP contribution >= 0.6 is 0 Å². The molecule has 66 valence electrons. The van der Waals surface area contributed by atoms with Gasteiger partial charge in [0.25, 0.3) is 0 Å². The number of carboxylic acid groups (broad SMARTS) is 1. The molecule has 2 atom stereocenters. The minimum absolute atomic E-state index is 0.934. The summed E-state index contributed by atoms with van der Waals surface area (Å²) in [7, 11) is 0. The van der Waals surface area contributed by atoms with Crippen LogP contribution in [0.25, 0.3) is 0 Å². The standard InChI is InChI=1S/C7H10N2O3/c1-5(10)6(7(11)12)9-3-2-8-4-9/h2-6,10H,1H3,(H,11,12). The van der Waals surface area contributed by atoms with Gasteiger partial charge in [0.1, 0.15) is 0 Å².